The zero-order valence-electron chi connectivity index (χ0n) is 18.1. The van der Waals surface area contributed by atoms with Crippen molar-refractivity contribution in [3.05, 3.63) is 43.0 Å². The Morgan fingerprint density at radius 3 is 2.68 bits per heavy atom. The second-order valence-corrected chi connectivity index (χ2v) is 8.37. The Hall–Kier alpha value is -3.26. The van der Waals surface area contributed by atoms with Crippen molar-refractivity contribution in [1.29, 1.82) is 0 Å². The van der Waals surface area contributed by atoms with E-state index in [1.807, 2.05) is 23.0 Å². The second-order valence-electron chi connectivity index (χ2n) is 8.37. The standard InChI is InChI=1S/C23H27N7O/c1-29(2)17-7-5-16(6-8-17)27-23-24-13-21-18(10-11-30(21)28-23)15-4-9-20-19(12-15)22(31-3)26-14-25-20/h4,9-14,16-17H,5-8H2,1-3H3,(H,27,28)/t16-,17+. The molecule has 0 bridgehead atoms. The van der Waals surface area contributed by atoms with E-state index in [0.717, 1.165) is 40.4 Å². The summed E-state index contributed by atoms with van der Waals surface area (Å²) in [7, 11) is 5.95. The molecule has 5 rings (SSSR count). The van der Waals surface area contributed by atoms with E-state index >= 15 is 0 Å². The highest BCUT2D eigenvalue weighted by Gasteiger charge is 2.23. The van der Waals surface area contributed by atoms with Gasteiger partial charge in [-0.3, -0.25) is 0 Å². The Labute approximate surface area is 181 Å². The molecule has 0 atom stereocenters. The average Bonchev–Trinajstić information content (AvgIpc) is 3.22. The quantitative estimate of drug-likeness (QED) is 0.531. The number of rotatable bonds is 5. The molecule has 1 N–H and O–H groups in total. The molecule has 0 unspecified atom stereocenters. The van der Waals surface area contributed by atoms with Crippen molar-refractivity contribution in [2.45, 2.75) is 37.8 Å². The van der Waals surface area contributed by atoms with E-state index in [1.54, 1.807) is 7.11 Å². The van der Waals surface area contributed by atoms with E-state index in [0.29, 0.717) is 23.9 Å². The summed E-state index contributed by atoms with van der Waals surface area (Å²) in [5.74, 6) is 1.25. The van der Waals surface area contributed by atoms with Crippen LogP contribution in [0, 0.1) is 0 Å². The molecule has 160 valence electrons. The van der Waals surface area contributed by atoms with Crippen LogP contribution in [0.2, 0.25) is 0 Å². The monoisotopic (exact) mass is 417 g/mol. The van der Waals surface area contributed by atoms with Crippen molar-refractivity contribution < 1.29 is 4.74 Å². The molecule has 3 heterocycles. The molecule has 0 saturated heterocycles. The summed E-state index contributed by atoms with van der Waals surface area (Å²) < 4.78 is 7.29. The molecule has 4 aromatic rings. The number of fused-ring (bicyclic) bond motifs is 2. The maximum absolute atomic E-state index is 5.40. The van der Waals surface area contributed by atoms with Crippen molar-refractivity contribution >= 4 is 22.4 Å². The highest BCUT2D eigenvalue weighted by atomic mass is 16.5. The minimum Gasteiger partial charge on any atom is -0.480 e. The lowest BCUT2D eigenvalue weighted by Crippen LogP contribution is -2.36. The van der Waals surface area contributed by atoms with Crippen LogP contribution in [0.25, 0.3) is 27.5 Å². The molecule has 3 aromatic heterocycles. The summed E-state index contributed by atoms with van der Waals surface area (Å²) in [4.78, 5) is 15.5. The molecule has 1 saturated carbocycles. The predicted molar refractivity (Wildman–Crippen MR) is 121 cm³/mol. The van der Waals surface area contributed by atoms with Crippen molar-refractivity contribution in [2.75, 3.05) is 26.5 Å². The molecule has 0 spiro atoms. The van der Waals surface area contributed by atoms with Crippen LogP contribution in [0.5, 0.6) is 5.88 Å². The molecule has 1 fully saturated rings. The fraction of sp³-hybridized carbons (Fsp3) is 0.391. The van der Waals surface area contributed by atoms with Gasteiger partial charge in [0.05, 0.1) is 29.7 Å². The van der Waals surface area contributed by atoms with E-state index in [9.17, 15) is 0 Å². The minimum absolute atomic E-state index is 0.427. The van der Waals surface area contributed by atoms with Crippen molar-refractivity contribution in [1.82, 2.24) is 29.5 Å². The molecular formula is C23H27N7O. The molecule has 0 radical (unpaired) electrons. The van der Waals surface area contributed by atoms with Gasteiger partial charge in [0.15, 0.2) is 0 Å². The first-order valence-corrected chi connectivity index (χ1v) is 10.7. The SMILES string of the molecule is COc1ncnc2ccc(-c3ccn4nc(N[C@H]5CC[C@@H](N(C)C)CC5)ncc34)cc12. The van der Waals surface area contributed by atoms with Gasteiger partial charge in [-0.25, -0.2) is 19.5 Å². The van der Waals surface area contributed by atoms with Gasteiger partial charge >= 0.3 is 0 Å². The fourth-order valence-electron chi connectivity index (χ4n) is 4.49. The van der Waals surface area contributed by atoms with E-state index in [1.165, 1.54) is 19.2 Å². The van der Waals surface area contributed by atoms with Gasteiger partial charge in [0.2, 0.25) is 11.8 Å². The zero-order chi connectivity index (χ0) is 21.4. The number of hydrogen-bond acceptors (Lipinski definition) is 7. The third kappa shape index (κ3) is 3.79. The van der Waals surface area contributed by atoms with Crippen LogP contribution in [0.4, 0.5) is 5.95 Å². The Balaban J connectivity index is 1.39. The lowest BCUT2D eigenvalue weighted by molar-refractivity contribution is 0.221. The third-order valence-corrected chi connectivity index (χ3v) is 6.28. The Bertz CT molecular complexity index is 1210. The first kappa shape index (κ1) is 19.7. The van der Waals surface area contributed by atoms with Crippen LogP contribution >= 0.6 is 0 Å². The van der Waals surface area contributed by atoms with Crippen LogP contribution in [0.15, 0.2) is 43.0 Å². The fourth-order valence-corrected chi connectivity index (χ4v) is 4.49. The Morgan fingerprint density at radius 2 is 1.90 bits per heavy atom. The van der Waals surface area contributed by atoms with Crippen molar-refractivity contribution in [2.24, 2.45) is 0 Å². The number of nitrogens with zero attached hydrogens (tertiary/aromatic N) is 6. The number of ether oxygens (including phenoxy) is 1. The van der Waals surface area contributed by atoms with E-state index in [4.69, 9.17) is 9.84 Å². The van der Waals surface area contributed by atoms with E-state index in [-0.39, 0.29) is 0 Å². The van der Waals surface area contributed by atoms with Gasteiger partial charge in [-0.05, 0) is 63.5 Å². The number of hydrogen-bond donors (Lipinski definition) is 1. The maximum atomic E-state index is 5.40. The topological polar surface area (TPSA) is 80.5 Å². The predicted octanol–water partition coefficient (Wildman–Crippen LogP) is 3.63. The molecule has 8 heteroatoms. The third-order valence-electron chi connectivity index (χ3n) is 6.28. The summed E-state index contributed by atoms with van der Waals surface area (Å²) in [6.45, 7) is 0. The number of methoxy groups -OCH3 is 1. The number of aromatic nitrogens is 5. The minimum atomic E-state index is 0.427. The molecular weight excluding hydrogens is 390 g/mol. The molecule has 0 aliphatic heterocycles. The van der Waals surface area contributed by atoms with Crippen LogP contribution in [0.3, 0.4) is 0 Å². The normalized spacial score (nSPS) is 19.2. The van der Waals surface area contributed by atoms with E-state index < -0.39 is 0 Å². The first-order valence-electron chi connectivity index (χ1n) is 10.7. The van der Waals surface area contributed by atoms with Crippen LogP contribution in [-0.2, 0) is 0 Å². The summed E-state index contributed by atoms with van der Waals surface area (Å²) in [5, 5.41) is 9.11. The van der Waals surface area contributed by atoms with Gasteiger partial charge < -0.3 is 15.0 Å². The number of nitrogens with one attached hydrogen (secondary N) is 1. The summed E-state index contributed by atoms with van der Waals surface area (Å²) in [5.41, 5.74) is 3.92. The second kappa shape index (κ2) is 8.11. The molecule has 31 heavy (non-hydrogen) atoms. The molecule has 1 aliphatic carbocycles. The van der Waals surface area contributed by atoms with Gasteiger partial charge in [-0.2, -0.15) is 0 Å². The van der Waals surface area contributed by atoms with Gasteiger partial charge in [0.25, 0.3) is 0 Å². The molecule has 0 amide bonds. The van der Waals surface area contributed by atoms with Gasteiger partial charge in [-0.1, -0.05) is 6.07 Å². The number of benzene rings is 1. The Morgan fingerprint density at radius 1 is 1.06 bits per heavy atom. The first-order chi connectivity index (χ1) is 15.1. The zero-order valence-corrected chi connectivity index (χ0v) is 18.1. The highest BCUT2D eigenvalue weighted by Crippen LogP contribution is 2.31. The highest BCUT2D eigenvalue weighted by molar-refractivity contribution is 5.91. The van der Waals surface area contributed by atoms with Crippen LogP contribution in [0.1, 0.15) is 25.7 Å². The van der Waals surface area contributed by atoms with Gasteiger partial charge in [0.1, 0.15) is 6.33 Å². The Kier molecular flexibility index (Phi) is 5.15. The average molecular weight is 418 g/mol. The van der Waals surface area contributed by atoms with Crippen molar-refractivity contribution in [3.63, 3.8) is 0 Å². The number of anilines is 1. The smallest absolute Gasteiger partial charge is 0.241 e. The molecule has 1 aromatic carbocycles. The van der Waals surface area contributed by atoms with Crippen LogP contribution in [-0.4, -0.2) is 62.8 Å². The summed E-state index contributed by atoms with van der Waals surface area (Å²) in [6, 6.07) is 9.27. The lowest BCUT2D eigenvalue weighted by atomic mass is 9.91. The van der Waals surface area contributed by atoms with Gasteiger partial charge in [-0.15, -0.1) is 5.10 Å². The molecule has 1 aliphatic rings. The maximum Gasteiger partial charge on any atom is 0.241 e. The largest absolute Gasteiger partial charge is 0.480 e. The van der Waals surface area contributed by atoms with E-state index in [2.05, 4.69) is 57.5 Å². The molecule has 8 nitrogen and oxygen atoms in total. The lowest BCUT2D eigenvalue weighted by Gasteiger charge is -2.32. The summed E-state index contributed by atoms with van der Waals surface area (Å²) in [6.07, 6.45) is 10.1. The van der Waals surface area contributed by atoms with Crippen LogP contribution < -0.4 is 10.1 Å². The van der Waals surface area contributed by atoms with Crippen molar-refractivity contribution in [3.8, 4) is 17.0 Å². The van der Waals surface area contributed by atoms with Gasteiger partial charge in [0, 0.05) is 23.8 Å². The summed E-state index contributed by atoms with van der Waals surface area (Å²) >= 11 is 0.